The van der Waals surface area contributed by atoms with Crippen LogP contribution in [0, 0.1) is 0 Å². The van der Waals surface area contributed by atoms with Crippen LogP contribution in [-0.2, 0) is 31.6 Å². The van der Waals surface area contributed by atoms with Gasteiger partial charge in [0.05, 0.1) is 0 Å². The molecular weight excluding hydrogens is 280 g/mol. The number of hydrogen-bond donors (Lipinski definition) is 0. The van der Waals surface area contributed by atoms with Gasteiger partial charge in [-0.15, -0.1) is 11.6 Å². The molecule has 0 N–H and O–H groups in total. The quantitative estimate of drug-likeness (QED) is 0.589. The molecule has 108 valence electrons. The summed E-state index contributed by atoms with van der Waals surface area (Å²) >= 11 is 6.10. The number of halogens is 1. The molecule has 0 radical (unpaired) electrons. The van der Waals surface area contributed by atoms with Gasteiger partial charge in [0.15, 0.2) is 5.78 Å². The van der Waals surface area contributed by atoms with Crippen molar-refractivity contribution >= 4 is 17.4 Å². The second kappa shape index (κ2) is 6.03. The van der Waals surface area contributed by atoms with Gasteiger partial charge in [0.2, 0.25) is 0 Å². The van der Waals surface area contributed by atoms with E-state index in [9.17, 15) is 4.79 Å². The van der Waals surface area contributed by atoms with Gasteiger partial charge in [0.1, 0.15) is 0 Å². The molecule has 2 heteroatoms. The molecule has 0 saturated carbocycles. The third kappa shape index (κ3) is 3.03. The van der Waals surface area contributed by atoms with E-state index in [1.165, 1.54) is 22.3 Å². The minimum absolute atomic E-state index is 0.162. The Morgan fingerprint density at radius 2 is 1.57 bits per heavy atom. The largest absolute Gasteiger partial charge is 0.295 e. The number of hydrogen-bond acceptors (Lipinski definition) is 1. The minimum Gasteiger partial charge on any atom is -0.295 e. The molecule has 0 saturated heterocycles. The molecule has 0 heterocycles. The highest BCUT2D eigenvalue weighted by Crippen LogP contribution is 2.22. The second-order valence-corrected chi connectivity index (χ2v) is 6.05. The van der Waals surface area contributed by atoms with Crippen LogP contribution in [-0.4, -0.2) is 5.78 Å². The first kappa shape index (κ1) is 14.3. The average molecular weight is 299 g/mol. The van der Waals surface area contributed by atoms with Crippen molar-refractivity contribution in [3.63, 3.8) is 0 Å². The van der Waals surface area contributed by atoms with Gasteiger partial charge in [-0.2, -0.15) is 0 Å². The van der Waals surface area contributed by atoms with Crippen LogP contribution in [0.4, 0.5) is 0 Å². The smallest absolute Gasteiger partial charge is 0.160 e. The van der Waals surface area contributed by atoms with Crippen molar-refractivity contribution in [2.24, 2.45) is 0 Å². The summed E-state index contributed by atoms with van der Waals surface area (Å²) in [5.41, 5.74) is 7.12. The molecule has 0 spiro atoms. The van der Waals surface area contributed by atoms with E-state index < -0.39 is 0 Å². The zero-order chi connectivity index (χ0) is 14.8. The maximum atomic E-state index is 11.9. The number of Topliss-reactive ketones (excluding diaryl/α,β-unsaturated/α-hetero) is 1. The lowest BCUT2D eigenvalue weighted by Gasteiger charge is -2.15. The first-order chi connectivity index (χ1) is 10.2. The Morgan fingerprint density at radius 1 is 0.952 bits per heavy atom. The normalized spacial score (nSPS) is 13.8. The zero-order valence-corrected chi connectivity index (χ0v) is 13.0. The fourth-order valence-electron chi connectivity index (χ4n) is 3.09. The van der Waals surface area contributed by atoms with Crippen LogP contribution >= 0.6 is 11.6 Å². The summed E-state index contributed by atoms with van der Waals surface area (Å²) in [6.45, 7) is 1.66. The number of carbonyl (C=O) groups is 1. The van der Waals surface area contributed by atoms with Gasteiger partial charge in [-0.3, -0.25) is 4.79 Å². The second-order valence-electron chi connectivity index (χ2n) is 5.78. The number of ketones is 1. The van der Waals surface area contributed by atoms with Crippen molar-refractivity contribution in [3.8, 4) is 0 Å². The van der Waals surface area contributed by atoms with Gasteiger partial charge in [-0.1, -0.05) is 30.3 Å². The minimum atomic E-state index is 0.162. The molecule has 0 unspecified atom stereocenters. The standard InChI is InChI=1S/C19H19ClO/c1-13(21)19-11-15-3-2-14-4-6-16(18(10-14)12-20)8-9-17(19)7-5-15/h4-7,10-11H,2-3,8-9,12H2,1H3. The Morgan fingerprint density at radius 3 is 2.24 bits per heavy atom. The lowest BCUT2D eigenvalue weighted by atomic mass is 9.90. The Bertz CT molecular complexity index is 688. The summed E-state index contributed by atoms with van der Waals surface area (Å²) in [5.74, 6) is 0.718. The van der Waals surface area contributed by atoms with Crippen molar-refractivity contribution in [1.82, 2.24) is 0 Å². The van der Waals surface area contributed by atoms with Gasteiger partial charge in [0, 0.05) is 11.4 Å². The van der Waals surface area contributed by atoms with Crippen molar-refractivity contribution in [2.45, 2.75) is 38.5 Å². The maximum Gasteiger partial charge on any atom is 0.160 e. The average Bonchev–Trinajstić information content (AvgIpc) is 2.49. The van der Waals surface area contributed by atoms with E-state index in [2.05, 4.69) is 36.4 Å². The van der Waals surface area contributed by atoms with Crippen LogP contribution in [0.2, 0.25) is 0 Å². The van der Waals surface area contributed by atoms with Gasteiger partial charge in [0.25, 0.3) is 0 Å². The number of carbonyl (C=O) groups excluding carboxylic acids is 1. The molecular formula is C19H19ClO. The van der Waals surface area contributed by atoms with Crippen molar-refractivity contribution < 1.29 is 4.79 Å². The lowest BCUT2D eigenvalue weighted by molar-refractivity contribution is 0.101. The Labute approximate surface area is 131 Å². The number of alkyl halides is 1. The zero-order valence-electron chi connectivity index (χ0n) is 12.3. The van der Waals surface area contributed by atoms with Crippen LogP contribution in [0.3, 0.4) is 0 Å². The van der Waals surface area contributed by atoms with E-state index in [1.54, 1.807) is 6.92 Å². The molecule has 0 atom stereocenters. The predicted molar refractivity (Wildman–Crippen MR) is 87.3 cm³/mol. The molecule has 1 nitrogen and oxygen atoms in total. The highest BCUT2D eigenvalue weighted by Gasteiger charge is 2.12. The third-order valence-corrected chi connectivity index (χ3v) is 4.62. The lowest BCUT2D eigenvalue weighted by Crippen LogP contribution is -2.06. The van der Waals surface area contributed by atoms with E-state index >= 15 is 0 Å². The summed E-state index contributed by atoms with van der Waals surface area (Å²) in [6, 6.07) is 13.0. The molecule has 2 aromatic rings. The number of rotatable bonds is 2. The van der Waals surface area contributed by atoms with Crippen LogP contribution < -0.4 is 0 Å². The molecule has 4 aliphatic carbocycles. The first-order valence-corrected chi connectivity index (χ1v) is 8.00. The van der Waals surface area contributed by atoms with Crippen molar-refractivity contribution in [2.75, 3.05) is 0 Å². The fraction of sp³-hybridized carbons (Fsp3) is 0.316. The van der Waals surface area contributed by atoms with E-state index in [0.29, 0.717) is 5.88 Å². The monoisotopic (exact) mass is 298 g/mol. The topological polar surface area (TPSA) is 17.1 Å². The maximum absolute atomic E-state index is 11.9. The molecule has 21 heavy (non-hydrogen) atoms. The van der Waals surface area contributed by atoms with E-state index in [0.717, 1.165) is 36.8 Å². The van der Waals surface area contributed by atoms with Gasteiger partial charge in [-0.25, -0.2) is 0 Å². The molecule has 0 aromatic heterocycles. The molecule has 4 bridgehead atoms. The van der Waals surface area contributed by atoms with Crippen molar-refractivity contribution in [3.05, 3.63) is 69.8 Å². The first-order valence-electron chi connectivity index (χ1n) is 7.47. The van der Waals surface area contributed by atoms with Crippen molar-refractivity contribution in [1.29, 1.82) is 0 Å². The van der Waals surface area contributed by atoms with E-state index in [4.69, 9.17) is 11.6 Å². The molecule has 2 aromatic carbocycles. The van der Waals surface area contributed by atoms with E-state index in [-0.39, 0.29) is 5.78 Å². The Hall–Kier alpha value is -1.60. The van der Waals surface area contributed by atoms with Crippen LogP contribution in [0.1, 0.15) is 45.1 Å². The summed E-state index contributed by atoms with van der Waals surface area (Å²) in [6.07, 6.45) is 3.77. The SMILES string of the molecule is CC(=O)c1cc2ccc1CCc1ccc(cc1CCl)CC2. The molecule has 4 aliphatic rings. The summed E-state index contributed by atoms with van der Waals surface area (Å²) in [5, 5.41) is 0. The van der Waals surface area contributed by atoms with Gasteiger partial charge in [-0.05, 0) is 66.5 Å². The Balaban J connectivity index is 2.05. The Kier molecular flexibility index (Phi) is 4.12. The number of aryl methyl sites for hydroxylation is 4. The molecule has 0 fully saturated rings. The summed E-state index contributed by atoms with van der Waals surface area (Å²) in [7, 11) is 0. The molecule has 6 rings (SSSR count). The highest BCUT2D eigenvalue weighted by atomic mass is 35.5. The fourth-order valence-corrected chi connectivity index (χ4v) is 3.33. The molecule has 0 aliphatic heterocycles. The highest BCUT2D eigenvalue weighted by molar-refractivity contribution is 6.17. The van der Waals surface area contributed by atoms with Gasteiger partial charge >= 0.3 is 0 Å². The van der Waals surface area contributed by atoms with Crippen LogP contribution in [0.15, 0.2) is 36.4 Å². The number of benzene rings is 2. The van der Waals surface area contributed by atoms with Gasteiger partial charge < -0.3 is 0 Å². The summed E-state index contributed by atoms with van der Waals surface area (Å²) < 4.78 is 0. The summed E-state index contributed by atoms with van der Waals surface area (Å²) in [4.78, 5) is 11.9. The third-order valence-electron chi connectivity index (χ3n) is 4.33. The predicted octanol–water partition coefficient (Wildman–Crippen LogP) is 4.51. The van der Waals surface area contributed by atoms with Crippen LogP contribution in [0.5, 0.6) is 0 Å². The van der Waals surface area contributed by atoms with E-state index in [1.807, 2.05) is 0 Å². The molecule has 0 amide bonds. The van der Waals surface area contributed by atoms with Crippen LogP contribution in [0.25, 0.3) is 0 Å².